The number of alkyl halides is 3. The molecule has 2 heterocycles. The fourth-order valence-electron chi connectivity index (χ4n) is 2.36. The normalized spacial score (nSPS) is 29.3. The zero-order valence-electron chi connectivity index (χ0n) is 9.91. The molecule has 102 valence electrons. The van der Waals surface area contributed by atoms with Crippen molar-refractivity contribution in [3.05, 3.63) is 0 Å². The summed E-state index contributed by atoms with van der Waals surface area (Å²) in [5.41, 5.74) is 4.87. The van der Waals surface area contributed by atoms with Crippen LogP contribution in [0.3, 0.4) is 0 Å². The lowest BCUT2D eigenvalue weighted by atomic mass is 9.93. The van der Waals surface area contributed by atoms with Crippen LogP contribution in [0.15, 0.2) is 10.1 Å². The molecule has 2 unspecified atom stereocenters. The van der Waals surface area contributed by atoms with Gasteiger partial charge < -0.3 is 10.6 Å². The molecule has 0 spiro atoms. The Labute approximate surface area is 103 Å². The molecule has 2 rings (SSSR count). The second-order valence-corrected chi connectivity index (χ2v) is 4.72. The van der Waals surface area contributed by atoms with Crippen LogP contribution in [0.5, 0.6) is 0 Å². The number of hydrogen-bond acceptors (Lipinski definition) is 4. The van der Waals surface area contributed by atoms with E-state index in [4.69, 9.17) is 5.73 Å². The number of nitrogens with two attached hydrogens (primary N) is 1. The standard InChI is InChI=1S/C11H16F3N3O/c12-11(13,14)10-7(6-18-17-10)5-8-3-1-2-4-9(15)16-8/h7-8H,1-6H2,(H2,15,16). The molecule has 2 aliphatic heterocycles. The van der Waals surface area contributed by atoms with E-state index in [1.54, 1.807) is 0 Å². The Hall–Kier alpha value is -1.27. The molecule has 2 atom stereocenters. The van der Waals surface area contributed by atoms with Gasteiger partial charge in [0.25, 0.3) is 0 Å². The van der Waals surface area contributed by atoms with Crippen molar-refractivity contribution in [3.63, 3.8) is 0 Å². The largest absolute Gasteiger partial charge is 0.433 e. The number of halogens is 3. The van der Waals surface area contributed by atoms with E-state index >= 15 is 0 Å². The first-order valence-electron chi connectivity index (χ1n) is 6.06. The number of nitrogens with zero attached hydrogens (tertiary/aromatic N) is 2. The first-order valence-corrected chi connectivity index (χ1v) is 6.06. The smallest absolute Gasteiger partial charge is 0.395 e. The third-order valence-corrected chi connectivity index (χ3v) is 3.24. The van der Waals surface area contributed by atoms with Gasteiger partial charge in [-0.1, -0.05) is 11.6 Å². The minimum Gasteiger partial charge on any atom is -0.395 e. The van der Waals surface area contributed by atoms with Crippen LogP contribution in [0.4, 0.5) is 13.2 Å². The first-order chi connectivity index (χ1) is 8.47. The van der Waals surface area contributed by atoms with Crippen LogP contribution in [0.25, 0.3) is 0 Å². The van der Waals surface area contributed by atoms with Gasteiger partial charge in [-0.3, -0.25) is 4.99 Å². The van der Waals surface area contributed by atoms with E-state index in [0.717, 1.165) is 25.7 Å². The summed E-state index contributed by atoms with van der Waals surface area (Å²) in [6.07, 6.45) is -0.700. The lowest BCUT2D eigenvalue weighted by Gasteiger charge is -2.17. The Morgan fingerprint density at radius 1 is 1.33 bits per heavy atom. The zero-order valence-corrected chi connectivity index (χ0v) is 9.91. The molecular weight excluding hydrogens is 247 g/mol. The SMILES string of the molecule is NC1=NC(CC2CON=C2C(F)(F)F)CCCC1. The van der Waals surface area contributed by atoms with Crippen LogP contribution in [0, 0.1) is 5.92 Å². The summed E-state index contributed by atoms with van der Waals surface area (Å²) in [6, 6.07) is -0.147. The number of aliphatic imine (C=N–C) groups is 1. The summed E-state index contributed by atoms with van der Waals surface area (Å²) in [7, 11) is 0. The number of rotatable bonds is 2. The van der Waals surface area contributed by atoms with Crippen LogP contribution in [0.2, 0.25) is 0 Å². The Morgan fingerprint density at radius 3 is 2.83 bits per heavy atom. The molecule has 0 saturated heterocycles. The highest BCUT2D eigenvalue weighted by Crippen LogP contribution is 2.31. The molecule has 4 nitrogen and oxygen atoms in total. The third kappa shape index (κ3) is 3.14. The fraction of sp³-hybridized carbons (Fsp3) is 0.818. The predicted molar refractivity (Wildman–Crippen MR) is 61.4 cm³/mol. The molecule has 2 aliphatic rings. The van der Waals surface area contributed by atoms with Crippen molar-refractivity contribution in [1.82, 2.24) is 0 Å². The highest BCUT2D eigenvalue weighted by atomic mass is 19.4. The van der Waals surface area contributed by atoms with Gasteiger partial charge in [0.15, 0.2) is 5.71 Å². The van der Waals surface area contributed by atoms with E-state index in [1.165, 1.54) is 0 Å². The number of amidine groups is 1. The van der Waals surface area contributed by atoms with Crippen LogP contribution in [-0.2, 0) is 4.84 Å². The second-order valence-electron chi connectivity index (χ2n) is 4.72. The van der Waals surface area contributed by atoms with Gasteiger partial charge in [0.05, 0.1) is 11.9 Å². The maximum absolute atomic E-state index is 12.7. The van der Waals surface area contributed by atoms with E-state index in [1.807, 2.05) is 0 Å². The average Bonchev–Trinajstić information content (AvgIpc) is 2.62. The third-order valence-electron chi connectivity index (χ3n) is 3.24. The summed E-state index contributed by atoms with van der Waals surface area (Å²) in [6.45, 7) is -0.0131. The number of hydrogen-bond donors (Lipinski definition) is 1. The first kappa shape index (κ1) is 13.2. The van der Waals surface area contributed by atoms with Crippen molar-refractivity contribution in [2.24, 2.45) is 21.8 Å². The molecular formula is C11H16F3N3O. The van der Waals surface area contributed by atoms with E-state index < -0.39 is 17.8 Å². The molecule has 0 aromatic heterocycles. The minimum absolute atomic E-state index is 0.0131. The Kier molecular flexibility index (Phi) is 3.77. The molecule has 7 heteroatoms. The van der Waals surface area contributed by atoms with Crippen LogP contribution in [0.1, 0.15) is 32.1 Å². The highest BCUT2D eigenvalue weighted by Gasteiger charge is 2.45. The van der Waals surface area contributed by atoms with E-state index in [2.05, 4.69) is 15.0 Å². The fourth-order valence-corrected chi connectivity index (χ4v) is 2.36. The summed E-state index contributed by atoms with van der Waals surface area (Å²) in [5, 5.41) is 3.11. The number of oxime groups is 1. The van der Waals surface area contributed by atoms with E-state index in [9.17, 15) is 13.2 Å². The van der Waals surface area contributed by atoms with Gasteiger partial charge in [-0.2, -0.15) is 13.2 Å². The van der Waals surface area contributed by atoms with Crippen molar-refractivity contribution in [2.75, 3.05) is 6.61 Å². The Balaban J connectivity index is 2.01. The quantitative estimate of drug-likeness (QED) is 0.830. The molecule has 0 amide bonds. The molecule has 2 N–H and O–H groups in total. The lowest BCUT2D eigenvalue weighted by molar-refractivity contribution is -0.0624. The molecule has 0 radical (unpaired) electrons. The van der Waals surface area contributed by atoms with Crippen LogP contribution >= 0.6 is 0 Å². The molecule has 0 aromatic rings. The highest BCUT2D eigenvalue weighted by molar-refractivity contribution is 5.92. The molecule has 0 saturated carbocycles. The summed E-state index contributed by atoms with van der Waals surface area (Å²) >= 11 is 0. The van der Waals surface area contributed by atoms with Gasteiger partial charge >= 0.3 is 6.18 Å². The summed E-state index contributed by atoms with van der Waals surface area (Å²) in [4.78, 5) is 8.86. The monoisotopic (exact) mass is 263 g/mol. The average molecular weight is 263 g/mol. The van der Waals surface area contributed by atoms with Crippen molar-refractivity contribution in [2.45, 2.75) is 44.3 Å². The Morgan fingerprint density at radius 2 is 2.11 bits per heavy atom. The summed E-state index contributed by atoms with van der Waals surface area (Å²) in [5.74, 6) is -0.174. The zero-order chi connectivity index (χ0) is 13.2. The molecule has 0 aromatic carbocycles. The van der Waals surface area contributed by atoms with Gasteiger partial charge in [0.1, 0.15) is 6.61 Å². The maximum Gasteiger partial charge on any atom is 0.433 e. The van der Waals surface area contributed by atoms with Crippen LogP contribution < -0.4 is 5.73 Å². The van der Waals surface area contributed by atoms with Crippen LogP contribution in [-0.4, -0.2) is 30.4 Å². The van der Waals surface area contributed by atoms with Gasteiger partial charge in [-0.15, -0.1) is 0 Å². The Bertz CT molecular complexity index is 365. The second kappa shape index (κ2) is 5.16. The van der Waals surface area contributed by atoms with E-state index in [0.29, 0.717) is 12.3 Å². The van der Waals surface area contributed by atoms with Gasteiger partial charge in [0, 0.05) is 12.3 Å². The molecule has 0 fully saturated rings. The maximum atomic E-state index is 12.7. The van der Waals surface area contributed by atoms with Crippen molar-refractivity contribution < 1.29 is 18.0 Å². The van der Waals surface area contributed by atoms with Gasteiger partial charge in [0.2, 0.25) is 0 Å². The van der Waals surface area contributed by atoms with Gasteiger partial charge in [-0.05, 0) is 19.3 Å². The topological polar surface area (TPSA) is 60.0 Å². The molecule has 18 heavy (non-hydrogen) atoms. The predicted octanol–water partition coefficient (Wildman–Crippen LogP) is 2.24. The lowest BCUT2D eigenvalue weighted by Crippen LogP contribution is -2.31. The van der Waals surface area contributed by atoms with Gasteiger partial charge in [-0.25, -0.2) is 0 Å². The van der Waals surface area contributed by atoms with E-state index in [-0.39, 0.29) is 12.6 Å². The molecule has 0 aliphatic carbocycles. The van der Waals surface area contributed by atoms with Crippen molar-refractivity contribution >= 4 is 11.5 Å². The molecule has 0 bridgehead atoms. The minimum atomic E-state index is -4.42. The van der Waals surface area contributed by atoms with Crippen molar-refractivity contribution in [1.29, 1.82) is 0 Å². The van der Waals surface area contributed by atoms with Crippen molar-refractivity contribution in [3.8, 4) is 0 Å². The summed E-state index contributed by atoms with van der Waals surface area (Å²) < 4.78 is 38.0.